The fraction of sp³-hybridized carbons (Fsp3) is 0.700. The van der Waals surface area contributed by atoms with Gasteiger partial charge >= 0.3 is 0 Å². The molecule has 3 N–H and O–H groups in total. The van der Waals surface area contributed by atoms with Crippen molar-refractivity contribution >= 4 is 0 Å². The number of hydrogen-bond donors (Lipinski definition) is 2. The maximum atomic E-state index is 9.88. The predicted molar refractivity (Wildman–Crippen MR) is 53.7 cm³/mol. The Morgan fingerprint density at radius 1 is 1.71 bits per heavy atom. The molecule has 4 nitrogen and oxygen atoms in total. The lowest BCUT2D eigenvalue weighted by molar-refractivity contribution is 0.129. The normalized spacial score (nSPS) is 26.2. The smallest absolute Gasteiger partial charge is 0.0826 e. The van der Waals surface area contributed by atoms with Gasteiger partial charge in [0.2, 0.25) is 0 Å². The van der Waals surface area contributed by atoms with Crippen LogP contribution in [0.15, 0.2) is 6.20 Å². The first kappa shape index (κ1) is 9.68. The Morgan fingerprint density at radius 3 is 3.21 bits per heavy atom. The Hall–Kier alpha value is -0.870. The number of rotatable bonds is 2. The van der Waals surface area contributed by atoms with Crippen LogP contribution in [0.4, 0.5) is 0 Å². The van der Waals surface area contributed by atoms with E-state index >= 15 is 0 Å². The average molecular weight is 195 g/mol. The molecule has 1 aromatic heterocycles. The molecule has 0 aliphatic heterocycles. The van der Waals surface area contributed by atoms with Gasteiger partial charge in [-0.15, -0.1) is 0 Å². The lowest BCUT2D eigenvalue weighted by Gasteiger charge is -2.26. The Labute approximate surface area is 83.7 Å². The highest BCUT2D eigenvalue weighted by molar-refractivity contribution is 5.23. The number of hydrogen-bond acceptors (Lipinski definition) is 3. The average Bonchev–Trinajstić information content (AvgIpc) is 2.49. The van der Waals surface area contributed by atoms with Gasteiger partial charge < -0.3 is 10.8 Å². The van der Waals surface area contributed by atoms with Gasteiger partial charge in [-0.05, 0) is 31.7 Å². The lowest BCUT2D eigenvalue weighted by atomic mass is 9.84. The Kier molecular flexibility index (Phi) is 2.56. The summed E-state index contributed by atoms with van der Waals surface area (Å²) in [5.74, 6) is 0.512. The molecule has 0 saturated carbocycles. The molecule has 78 valence electrons. The van der Waals surface area contributed by atoms with Crippen molar-refractivity contribution < 1.29 is 5.11 Å². The van der Waals surface area contributed by atoms with Gasteiger partial charge in [0.25, 0.3) is 0 Å². The third kappa shape index (κ3) is 1.55. The monoisotopic (exact) mass is 195 g/mol. The highest BCUT2D eigenvalue weighted by Gasteiger charge is 2.27. The summed E-state index contributed by atoms with van der Waals surface area (Å²) in [6.07, 6.45) is 4.25. The van der Waals surface area contributed by atoms with Crippen molar-refractivity contribution in [3.8, 4) is 0 Å². The van der Waals surface area contributed by atoms with E-state index in [0.717, 1.165) is 24.8 Å². The zero-order chi connectivity index (χ0) is 10.1. The van der Waals surface area contributed by atoms with Gasteiger partial charge in [-0.25, -0.2) is 0 Å². The summed E-state index contributed by atoms with van der Waals surface area (Å²) in [5.41, 5.74) is 7.70. The Bertz CT molecular complexity index is 321. The molecule has 0 radical (unpaired) electrons. The van der Waals surface area contributed by atoms with E-state index in [2.05, 4.69) is 5.10 Å². The third-order valence-electron chi connectivity index (χ3n) is 3.07. The van der Waals surface area contributed by atoms with E-state index in [1.807, 2.05) is 11.7 Å². The summed E-state index contributed by atoms with van der Waals surface area (Å²) in [7, 11) is 1.93. The van der Waals surface area contributed by atoms with Crippen molar-refractivity contribution in [2.45, 2.75) is 25.4 Å². The van der Waals surface area contributed by atoms with Crippen LogP contribution in [-0.4, -0.2) is 21.4 Å². The fourth-order valence-electron chi connectivity index (χ4n) is 2.26. The molecule has 0 aromatic carbocycles. The van der Waals surface area contributed by atoms with Crippen LogP contribution < -0.4 is 5.73 Å². The second kappa shape index (κ2) is 3.71. The molecule has 2 atom stereocenters. The minimum Gasteiger partial charge on any atom is -0.388 e. The third-order valence-corrected chi connectivity index (χ3v) is 3.07. The second-order valence-electron chi connectivity index (χ2n) is 4.07. The van der Waals surface area contributed by atoms with Gasteiger partial charge in [-0.3, -0.25) is 4.68 Å². The minimum atomic E-state index is -0.344. The van der Waals surface area contributed by atoms with E-state index < -0.39 is 0 Å². The summed E-state index contributed by atoms with van der Waals surface area (Å²) in [6, 6.07) is 0. The molecule has 1 heterocycles. The van der Waals surface area contributed by atoms with E-state index in [-0.39, 0.29) is 6.10 Å². The summed E-state index contributed by atoms with van der Waals surface area (Å²) in [6.45, 7) is 0.699. The first-order valence-corrected chi connectivity index (χ1v) is 5.11. The topological polar surface area (TPSA) is 64.1 Å². The van der Waals surface area contributed by atoms with Crippen LogP contribution in [0.5, 0.6) is 0 Å². The SMILES string of the molecule is Cn1ncc2c1CC(CCN)CC2O. The van der Waals surface area contributed by atoms with Gasteiger partial charge in [-0.1, -0.05) is 0 Å². The zero-order valence-corrected chi connectivity index (χ0v) is 8.48. The highest BCUT2D eigenvalue weighted by Crippen LogP contribution is 2.33. The predicted octanol–water partition coefficient (Wildman–Crippen LogP) is 0.365. The molecule has 0 amide bonds. The van der Waals surface area contributed by atoms with Crippen molar-refractivity contribution in [3.05, 3.63) is 17.5 Å². The molecule has 0 fully saturated rings. The maximum absolute atomic E-state index is 9.88. The van der Waals surface area contributed by atoms with E-state index in [1.165, 1.54) is 5.69 Å². The van der Waals surface area contributed by atoms with E-state index in [0.29, 0.717) is 12.5 Å². The first-order valence-electron chi connectivity index (χ1n) is 5.11. The molecular formula is C10H17N3O. The van der Waals surface area contributed by atoms with Crippen molar-refractivity contribution in [1.82, 2.24) is 9.78 Å². The number of aliphatic hydroxyl groups excluding tert-OH is 1. The van der Waals surface area contributed by atoms with Gasteiger partial charge in [0.1, 0.15) is 0 Å². The molecule has 14 heavy (non-hydrogen) atoms. The summed E-state index contributed by atoms with van der Waals surface area (Å²) >= 11 is 0. The van der Waals surface area contributed by atoms with Gasteiger partial charge in [-0.2, -0.15) is 5.10 Å². The molecule has 1 aliphatic rings. The van der Waals surface area contributed by atoms with Gasteiger partial charge in [0, 0.05) is 18.3 Å². The molecule has 2 rings (SSSR count). The standard InChI is InChI=1S/C10H17N3O/c1-13-9-4-7(2-3-11)5-10(14)8(9)6-12-13/h6-7,10,14H,2-5,11H2,1H3. The number of nitrogens with two attached hydrogens (primary N) is 1. The molecule has 4 heteroatoms. The van der Waals surface area contributed by atoms with Crippen LogP contribution in [0.3, 0.4) is 0 Å². The number of nitrogens with zero attached hydrogens (tertiary/aromatic N) is 2. The van der Waals surface area contributed by atoms with Crippen LogP contribution in [0.2, 0.25) is 0 Å². The Morgan fingerprint density at radius 2 is 2.50 bits per heavy atom. The molecule has 0 spiro atoms. The number of aromatic nitrogens is 2. The zero-order valence-electron chi connectivity index (χ0n) is 8.48. The second-order valence-corrected chi connectivity index (χ2v) is 4.07. The summed E-state index contributed by atoms with van der Waals surface area (Å²) < 4.78 is 1.86. The van der Waals surface area contributed by atoms with E-state index in [4.69, 9.17) is 5.73 Å². The van der Waals surface area contributed by atoms with E-state index in [9.17, 15) is 5.11 Å². The highest BCUT2D eigenvalue weighted by atomic mass is 16.3. The van der Waals surface area contributed by atoms with Crippen LogP contribution in [0, 0.1) is 5.92 Å². The Balaban J connectivity index is 2.22. The van der Waals surface area contributed by atoms with Gasteiger partial charge in [0.15, 0.2) is 0 Å². The number of fused-ring (bicyclic) bond motifs is 1. The van der Waals surface area contributed by atoms with Crippen molar-refractivity contribution in [2.75, 3.05) is 6.54 Å². The molecular weight excluding hydrogens is 178 g/mol. The van der Waals surface area contributed by atoms with Crippen molar-refractivity contribution in [3.63, 3.8) is 0 Å². The molecule has 1 aliphatic carbocycles. The largest absolute Gasteiger partial charge is 0.388 e. The maximum Gasteiger partial charge on any atom is 0.0826 e. The minimum absolute atomic E-state index is 0.344. The summed E-state index contributed by atoms with van der Waals surface area (Å²) in [4.78, 5) is 0. The quantitative estimate of drug-likeness (QED) is 0.716. The molecule has 1 aromatic rings. The van der Waals surface area contributed by atoms with Crippen LogP contribution >= 0.6 is 0 Å². The van der Waals surface area contributed by atoms with Crippen LogP contribution in [0.25, 0.3) is 0 Å². The number of aryl methyl sites for hydroxylation is 1. The molecule has 2 unspecified atom stereocenters. The van der Waals surface area contributed by atoms with E-state index in [1.54, 1.807) is 6.20 Å². The first-order chi connectivity index (χ1) is 6.72. The summed E-state index contributed by atoms with van der Waals surface area (Å²) in [5, 5.41) is 14.0. The van der Waals surface area contributed by atoms with Crippen LogP contribution in [-0.2, 0) is 13.5 Å². The molecule has 0 saturated heterocycles. The van der Waals surface area contributed by atoms with Crippen LogP contribution in [0.1, 0.15) is 30.2 Å². The number of aliphatic hydroxyl groups is 1. The molecule has 0 bridgehead atoms. The van der Waals surface area contributed by atoms with Crippen molar-refractivity contribution in [1.29, 1.82) is 0 Å². The van der Waals surface area contributed by atoms with Gasteiger partial charge in [0.05, 0.1) is 12.3 Å². The lowest BCUT2D eigenvalue weighted by Crippen LogP contribution is -2.22. The fourth-order valence-corrected chi connectivity index (χ4v) is 2.26. The van der Waals surface area contributed by atoms with Crippen molar-refractivity contribution in [2.24, 2.45) is 18.7 Å².